The monoisotopic (exact) mass is 366 g/mol. The number of carbonyl (C=O) groups is 1. The lowest BCUT2D eigenvalue weighted by Gasteiger charge is -2.55. The fourth-order valence-electron chi connectivity index (χ4n) is 5.18. The van der Waals surface area contributed by atoms with Crippen LogP contribution < -0.4 is 5.32 Å². The Morgan fingerprint density at radius 3 is 2.56 bits per heavy atom. The minimum atomic E-state index is -0.121. The molecule has 2 aromatic rings. The van der Waals surface area contributed by atoms with E-state index >= 15 is 0 Å². The topological polar surface area (TPSA) is 59.8 Å². The van der Waals surface area contributed by atoms with E-state index < -0.39 is 0 Å². The fraction of sp³-hybridized carbons (Fsp3) is 0.591. The number of hydrogen-bond acceptors (Lipinski definition) is 3. The number of nitrogens with zero attached hydrogens (tertiary/aromatic N) is 3. The Labute approximate surface area is 161 Å². The maximum Gasteiger partial charge on any atom is 0.224 e. The summed E-state index contributed by atoms with van der Waals surface area (Å²) in [6.07, 6.45) is 5.16. The van der Waals surface area contributed by atoms with Gasteiger partial charge in [0.05, 0.1) is 12.5 Å². The fourth-order valence-corrected chi connectivity index (χ4v) is 5.18. The molecule has 2 saturated carbocycles. The summed E-state index contributed by atoms with van der Waals surface area (Å²) in [6, 6.07) is 11.0. The molecule has 4 rings (SSSR count). The van der Waals surface area contributed by atoms with Crippen LogP contribution in [0.25, 0.3) is 0 Å². The molecule has 0 aliphatic heterocycles. The van der Waals surface area contributed by atoms with Crippen molar-refractivity contribution in [2.45, 2.75) is 65.0 Å². The van der Waals surface area contributed by atoms with Crippen LogP contribution in [0.15, 0.2) is 30.3 Å². The normalized spacial score (nSPS) is 28.1. The Bertz CT molecular complexity index is 800. The molecule has 1 aromatic carbocycles. The molecule has 0 bridgehead atoms. The first-order valence-electron chi connectivity index (χ1n) is 10.3. The lowest BCUT2D eigenvalue weighted by atomic mass is 9.53. The van der Waals surface area contributed by atoms with Crippen molar-refractivity contribution < 1.29 is 4.79 Å². The molecule has 2 aliphatic rings. The van der Waals surface area contributed by atoms with Gasteiger partial charge in [-0.15, -0.1) is 0 Å². The van der Waals surface area contributed by atoms with Crippen molar-refractivity contribution >= 4 is 5.91 Å². The highest BCUT2D eigenvalue weighted by atomic mass is 16.2. The minimum absolute atomic E-state index is 0.121. The number of nitrogens with one attached hydrogen (secondary N) is 1. The van der Waals surface area contributed by atoms with Crippen LogP contribution in [0.4, 0.5) is 0 Å². The molecule has 2 aliphatic carbocycles. The zero-order valence-corrected chi connectivity index (χ0v) is 16.6. The summed E-state index contributed by atoms with van der Waals surface area (Å²) < 4.78 is 1.85. The highest BCUT2D eigenvalue weighted by molar-refractivity contribution is 5.79. The summed E-state index contributed by atoms with van der Waals surface area (Å²) in [5, 5.41) is 7.81. The van der Waals surface area contributed by atoms with Gasteiger partial charge in [0.2, 0.25) is 5.91 Å². The van der Waals surface area contributed by atoms with Crippen LogP contribution in [-0.4, -0.2) is 26.7 Å². The third-order valence-corrected chi connectivity index (χ3v) is 6.53. The number of hydrogen-bond donors (Lipinski definition) is 1. The number of rotatable bonds is 5. The molecule has 144 valence electrons. The van der Waals surface area contributed by atoms with Gasteiger partial charge >= 0.3 is 0 Å². The standard InChI is InChI=1S/C22H30N4O/c1-14(13-26-16(3)23-15(2)25-26)22(27)24-21-19-12-8-7-11-18(19)20(21)17-9-5-4-6-10-17/h4-6,9-10,14,18-21H,7-8,11-13H2,1-3H3,(H,24,27)/t14-,18+,19+,20-,21-/m0/s1. The third kappa shape index (κ3) is 3.52. The molecule has 1 heterocycles. The molecule has 0 unspecified atom stereocenters. The molecule has 1 N–H and O–H groups in total. The number of aromatic nitrogens is 3. The van der Waals surface area contributed by atoms with Crippen LogP contribution in [0.1, 0.15) is 55.7 Å². The van der Waals surface area contributed by atoms with E-state index in [2.05, 4.69) is 45.7 Å². The molecule has 2 fully saturated rings. The largest absolute Gasteiger partial charge is 0.352 e. The van der Waals surface area contributed by atoms with Crippen LogP contribution >= 0.6 is 0 Å². The van der Waals surface area contributed by atoms with Crippen LogP contribution in [0, 0.1) is 31.6 Å². The predicted octanol–water partition coefficient (Wildman–Crippen LogP) is 3.62. The highest BCUT2D eigenvalue weighted by Gasteiger charge is 2.51. The first-order chi connectivity index (χ1) is 13.0. The Morgan fingerprint density at radius 2 is 1.89 bits per heavy atom. The Kier molecular flexibility index (Phi) is 5.02. The van der Waals surface area contributed by atoms with Gasteiger partial charge in [0.1, 0.15) is 11.6 Å². The summed E-state index contributed by atoms with van der Waals surface area (Å²) in [6.45, 7) is 6.39. The molecule has 0 saturated heterocycles. The van der Waals surface area contributed by atoms with Gasteiger partial charge in [0.15, 0.2) is 0 Å². The molecule has 1 amide bonds. The van der Waals surface area contributed by atoms with Crippen molar-refractivity contribution in [1.29, 1.82) is 0 Å². The quantitative estimate of drug-likeness (QED) is 0.879. The van der Waals surface area contributed by atoms with Crippen LogP contribution in [0.2, 0.25) is 0 Å². The number of fused-ring (bicyclic) bond motifs is 1. The van der Waals surface area contributed by atoms with Crippen molar-refractivity contribution in [3.63, 3.8) is 0 Å². The molecule has 1 aromatic heterocycles. The molecule has 5 nitrogen and oxygen atoms in total. The van der Waals surface area contributed by atoms with E-state index in [0.29, 0.717) is 18.4 Å². The van der Waals surface area contributed by atoms with E-state index in [9.17, 15) is 4.79 Å². The summed E-state index contributed by atoms with van der Waals surface area (Å²) in [4.78, 5) is 17.3. The lowest BCUT2D eigenvalue weighted by molar-refractivity contribution is -0.128. The first kappa shape index (κ1) is 18.2. The SMILES string of the molecule is Cc1nc(C)n(C[C@H](C)C(=O)N[C@H]2[C@@H]3CCCC[C@H]3[C@@H]2c2ccccc2)n1. The van der Waals surface area contributed by atoms with Gasteiger partial charge in [-0.1, -0.05) is 50.1 Å². The van der Waals surface area contributed by atoms with E-state index in [0.717, 1.165) is 17.6 Å². The van der Waals surface area contributed by atoms with Gasteiger partial charge < -0.3 is 5.32 Å². The van der Waals surface area contributed by atoms with Crippen molar-refractivity contribution in [1.82, 2.24) is 20.1 Å². The van der Waals surface area contributed by atoms with E-state index in [1.165, 1.54) is 31.2 Å². The molecule has 5 heteroatoms. The van der Waals surface area contributed by atoms with Crippen molar-refractivity contribution in [2.24, 2.45) is 17.8 Å². The van der Waals surface area contributed by atoms with Gasteiger partial charge in [-0.3, -0.25) is 4.79 Å². The van der Waals surface area contributed by atoms with Gasteiger partial charge in [-0.05, 0) is 44.1 Å². The van der Waals surface area contributed by atoms with Gasteiger partial charge in [0.25, 0.3) is 0 Å². The average molecular weight is 367 g/mol. The maximum atomic E-state index is 12.9. The molecule has 27 heavy (non-hydrogen) atoms. The summed E-state index contributed by atoms with van der Waals surface area (Å²) in [5.74, 6) is 3.46. The maximum absolute atomic E-state index is 12.9. The number of carbonyl (C=O) groups excluding carboxylic acids is 1. The molecule has 0 radical (unpaired) electrons. The molecular weight excluding hydrogens is 336 g/mol. The van der Waals surface area contributed by atoms with Gasteiger partial charge in [0, 0.05) is 12.0 Å². The van der Waals surface area contributed by atoms with E-state index in [1.807, 2.05) is 25.5 Å². The van der Waals surface area contributed by atoms with Crippen LogP contribution in [-0.2, 0) is 11.3 Å². The van der Waals surface area contributed by atoms with E-state index in [1.54, 1.807) is 0 Å². The smallest absolute Gasteiger partial charge is 0.224 e. The second-order valence-corrected chi connectivity index (χ2v) is 8.37. The van der Waals surface area contributed by atoms with E-state index in [-0.39, 0.29) is 17.9 Å². The van der Waals surface area contributed by atoms with Crippen molar-refractivity contribution in [3.8, 4) is 0 Å². The van der Waals surface area contributed by atoms with Crippen LogP contribution in [0.3, 0.4) is 0 Å². The summed E-state index contributed by atoms with van der Waals surface area (Å²) in [7, 11) is 0. The number of aryl methyl sites for hydroxylation is 2. The second-order valence-electron chi connectivity index (χ2n) is 8.37. The Hall–Kier alpha value is -2.17. The van der Waals surface area contributed by atoms with Crippen molar-refractivity contribution in [2.75, 3.05) is 0 Å². The Morgan fingerprint density at radius 1 is 1.19 bits per heavy atom. The lowest BCUT2D eigenvalue weighted by Crippen LogP contribution is -2.60. The summed E-state index contributed by atoms with van der Waals surface area (Å²) >= 11 is 0. The Balaban J connectivity index is 1.46. The second kappa shape index (κ2) is 7.45. The van der Waals surface area contributed by atoms with Crippen molar-refractivity contribution in [3.05, 3.63) is 47.5 Å². The average Bonchev–Trinajstić information content (AvgIpc) is 2.97. The predicted molar refractivity (Wildman–Crippen MR) is 105 cm³/mol. The van der Waals surface area contributed by atoms with Gasteiger partial charge in [-0.25, -0.2) is 9.67 Å². The summed E-state index contributed by atoms with van der Waals surface area (Å²) in [5.41, 5.74) is 1.38. The zero-order valence-electron chi connectivity index (χ0n) is 16.6. The number of benzene rings is 1. The third-order valence-electron chi connectivity index (χ3n) is 6.53. The highest BCUT2D eigenvalue weighted by Crippen LogP contribution is 2.54. The number of amides is 1. The molecular formula is C22H30N4O. The van der Waals surface area contributed by atoms with Crippen LogP contribution in [0.5, 0.6) is 0 Å². The first-order valence-corrected chi connectivity index (χ1v) is 10.3. The zero-order chi connectivity index (χ0) is 19.0. The van der Waals surface area contributed by atoms with Gasteiger partial charge in [-0.2, -0.15) is 5.10 Å². The molecule has 0 spiro atoms. The molecule has 5 atom stereocenters. The minimum Gasteiger partial charge on any atom is -0.352 e. The van der Waals surface area contributed by atoms with E-state index in [4.69, 9.17) is 0 Å².